The summed E-state index contributed by atoms with van der Waals surface area (Å²) >= 11 is 0. The molecule has 1 aromatic rings. The molecule has 0 radical (unpaired) electrons. The third-order valence-electron chi connectivity index (χ3n) is 1.75. The van der Waals surface area contributed by atoms with Crippen LogP contribution in [0.3, 0.4) is 0 Å². The Balaban J connectivity index is 2.79. The number of benzene rings is 1. The van der Waals surface area contributed by atoms with Gasteiger partial charge in [0.25, 0.3) is 0 Å². The fourth-order valence-electron chi connectivity index (χ4n) is 0.998. The predicted octanol–water partition coefficient (Wildman–Crippen LogP) is 1.52. The molecule has 0 bridgehead atoms. The number of hydrogen-bond acceptors (Lipinski definition) is 3. The molecule has 0 heterocycles. The molecule has 0 aromatic heterocycles. The van der Waals surface area contributed by atoms with Crippen molar-refractivity contribution in [3.05, 3.63) is 42.0 Å². The van der Waals surface area contributed by atoms with E-state index in [4.69, 9.17) is 9.84 Å². The van der Waals surface area contributed by atoms with Gasteiger partial charge in [-0.15, -0.1) is 0 Å². The summed E-state index contributed by atoms with van der Waals surface area (Å²) in [6, 6.07) is 6.43. The molecule has 0 saturated carbocycles. The lowest BCUT2D eigenvalue weighted by molar-refractivity contribution is -0.131. The van der Waals surface area contributed by atoms with E-state index in [1.165, 1.54) is 7.11 Å². The van der Waals surface area contributed by atoms with Crippen LogP contribution < -0.4 is 4.74 Å². The van der Waals surface area contributed by atoms with E-state index in [0.717, 1.165) is 12.2 Å². The summed E-state index contributed by atoms with van der Waals surface area (Å²) in [5.41, 5.74) is 0.424. The number of allylic oxidation sites excluding steroid dienone is 1. The highest BCUT2D eigenvalue weighted by Crippen LogP contribution is 2.11. The molecule has 0 spiro atoms. The number of carboxylic acid groups (broad SMARTS) is 1. The number of aliphatic carboxylic acids is 1. The molecule has 1 aromatic carbocycles. The summed E-state index contributed by atoms with van der Waals surface area (Å²) in [4.78, 5) is 21.5. The van der Waals surface area contributed by atoms with Crippen LogP contribution >= 0.6 is 0 Å². The topological polar surface area (TPSA) is 63.6 Å². The molecule has 0 fully saturated rings. The third kappa shape index (κ3) is 3.27. The second-order valence-corrected chi connectivity index (χ2v) is 2.76. The normalized spacial score (nSPS) is 10.2. The Bertz CT molecular complexity index is 390. The molecule has 1 rings (SSSR count). The van der Waals surface area contributed by atoms with Gasteiger partial charge in [0.05, 0.1) is 7.11 Å². The number of rotatable bonds is 4. The zero-order valence-electron chi connectivity index (χ0n) is 8.14. The number of methoxy groups -OCH3 is 1. The SMILES string of the molecule is COc1ccc(C(=O)/C=C/C(=O)O)cc1. The van der Waals surface area contributed by atoms with Gasteiger partial charge in [0.2, 0.25) is 0 Å². The fraction of sp³-hybridized carbons (Fsp3) is 0.0909. The number of ketones is 1. The van der Waals surface area contributed by atoms with Gasteiger partial charge in [-0.1, -0.05) is 0 Å². The van der Waals surface area contributed by atoms with Gasteiger partial charge in [-0.2, -0.15) is 0 Å². The van der Waals surface area contributed by atoms with Crippen LogP contribution in [-0.2, 0) is 4.79 Å². The predicted molar refractivity (Wildman–Crippen MR) is 54.1 cm³/mol. The summed E-state index contributed by atoms with van der Waals surface area (Å²) < 4.78 is 4.92. The molecule has 4 heteroatoms. The van der Waals surface area contributed by atoms with Crippen molar-refractivity contribution < 1.29 is 19.4 Å². The highest BCUT2D eigenvalue weighted by atomic mass is 16.5. The Morgan fingerprint density at radius 3 is 2.27 bits per heavy atom. The van der Waals surface area contributed by atoms with E-state index in [1.807, 2.05) is 0 Å². The van der Waals surface area contributed by atoms with Crippen molar-refractivity contribution in [1.29, 1.82) is 0 Å². The number of ether oxygens (including phenoxy) is 1. The third-order valence-corrected chi connectivity index (χ3v) is 1.75. The van der Waals surface area contributed by atoms with E-state index in [-0.39, 0.29) is 5.78 Å². The van der Waals surface area contributed by atoms with Crippen molar-refractivity contribution in [3.63, 3.8) is 0 Å². The highest BCUT2D eigenvalue weighted by Gasteiger charge is 2.02. The molecular weight excluding hydrogens is 196 g/mol. The molecule has 0 aliphatic carbocycles. The van der Waals surface area contributed by atoms with Gasteiger partial charge in [-0.25, -0.2) is 4.79 Å². The molecule has 4 nitrogen and oxygen atoms in total. The smallest absolute Gasteiger partial charge is 0.328 e. The second kappa shape index (κ2) is 4.95. The number of carbonyl (C=O) groups is 2. The van der Waals surface area contributed by atoms with Gasteiger partial charge >= 0.3 is 5.97 Å². The van der Waals surface area contributed by atoms with Crippen molar-refractivity contribution in [2.45, 2.75) is 0 Å². The van der Waals surface area contributed by atoms with Crippen LogP contribution in [0.25, 0.3) is 0 Å². The van der Waals surface area contributed by atoms with Crippen molar-refractivity contribution in [2.24, 2.45) is 0 Å². The first-order valence-corrected chi connectivity index (χ1v) is 4.23. The van der Waals surface area contributed by atoms with Gasteiger partial charge in [0, 0.05) is 11.6 Å². The summed E-state index contributed by atoms with van der Waals surface area (Å²) in [5.74, 6) is -0.842. The minimum Gasteiger partial charge on any atom is -0.497 e. The van der Waals surface area contributed by atoms with Gasteiger partial charge < -0.3 is 9.84 Å². The first kappa shape index (κ1) is 11.0. The average Bonchev–Trinajstić information content (AvgIpc) is 2.26. The van der Waals surface area contributed by atoms with E-state index in [9.17, 15) is 9.59 Å². The summed E-state index contributed by atoms with van der Waals surface area (Å²) in [7, 11) is 1.53. The number of hydrogen-bond donors (Lipinski definition) is 1. The minimum absolute atomic E-state index is 0.347. The zero-order chi connectivity index (χ0) is 11.3. The molecule has 0 saturated heterocycles. The maximum Gasteiger partial charge on any atom is 0.328 e. The Labute approximate surface area is 86.8 Å². The van der Waals surface area contributed by atoms with Crippen LogP contribution in [0.15, 0.2) is 36.4 Å². The largest absolute Gasteiger partial charge is 0.497 e. The highest BCUT2D eigenvalue weighted by molar-refractivity contribution is 6.06. The van der Waals surface area contributed by atoms with Gasteiger partial charge in [0.1, 0.15) is 5.75 Å². The maximum atomic E-state index is 11.4. The van der Waals surface area contributed by atoms with Crippen LogP contribution in [0.2, 0.25) is 0 Å². The van der Waals surface area contributed by atoms with Crippen molar-refractivity contribution in [2.75, 3.05) is 7.11 Å². The minimum atomic E-state index is -1.14. The van der Waals surface area contributed by atoms with E-state index >= 15 is 0 Å². The Kier molecular flexibility index (Phi) is 3.62. The lowest BCUT2D eigenvalue weighted by Crippen LogP contribution is -1.96. The standard InChI is InChI=1S/C11H10O4/c1-15-9-4-2-8(3-5-9)10(12)6-7-11(13)14/h2-7H,1H3,(H,13,14)/b7-6+. The van der Waals surface area contributed by atoms with Crippen molar-refractivity contribution in [3.8, 4) is 5.75 Å². The van der Waals surface area contributed by atoms with E-state index < -0.39 is 5.97 Å². The second-order valence-electron chi connectivity index (χ2n) is 2.76. The van der Waals surface area contributed by atoms with Crippen LogP contribution in [0.1, 0.15) is 10.4 Å². The van der Waals surface area contributed by atoms with E-state index in [2.05, 4.69) is 0 Å². The molecule has 78 valence electrons. The van der Waals surface area contributed by atoms with Crippen molar-refractivity contribution >= 4 is 11.8 Å². The van der Waals surface area contributed by atoms with E-state index in [1.54, 1.807) is 24.3 Å². The van der Waals surface area contributed by atoms with E-state index in [0.29, 0.717) is 11.3 Å². The summed E-state index contributed by atoms with van der Waals surface area (Å²) in [5, 5.41) is 8.33. The molecule has 15 heavy (non-hydrogen) atoms. The quantitative estimate of drug-likeness (QED) is 0.599. The maximum absolute atomic E-state index is 11.4. The first-order valence-electron chi connectivity index (χ1n) is 4.23. The Morgan fingerprint density at radius 2 is 1.80 bits per heavy atom. The zero-order valence-corrected chi connectivity index (χ0v) is 8.14. The van der Waals surface area contributed by atoms with Gasteiger partial charge in [-0.3, -0.25) is 4.79 Å². The Morgan fingerprint density at radius 1 is 1.20 bits per heavy atom. The van der Waals surface area contributed by atoms with Gasteiger partial charge in [0.15, 0.2) is 5.78 Å². The lowest BCUT2D eigenvalue weighted by Gasteiger charge is -1.99. The first-order chi connectivity index (χ1) is 7.13. The van der Waals surface area contributed by atoms with Crippen LogP contribution in [0.5, 0.6) is 5.75 Å². The Hall–Kier alpha value is -2.10. The fourth-order valence-corrected chi connectivity index (χ4v) is 0.998. The molecule has 0 aliphatic heterocycles. The molecule has 0 amide bonds. The number of carbonyl (C=O) groups excluding carboxylic acids is 1. The number of carboxylic acids is 1. The van der Waals surface area contributed by atoms with Gasteiger partial charge in [-0.05, 0) is 30.3 Å². The summed E-state index contributed by atoms with van der Waals surface area (Å²) in [6.45, 7) is 0. The monoisotopic (exact) mass is 206 g/mol. The average molecular weight is 206 g/mol. The van der Waals surface area contributed by atoms with Crippen LogP contribution in [-0.4, -0.2) is 24.0 Å². The molecule has 0 aliphatic rings. The van der Waals surface area contributed by atoms with Crippen molar-refractivity contribution in [1.82, 2.24) is 0 Å². The van der Waals surface area contributed by atoms with Crippen LogP contribution in [0, 0.1) is 0 Å². The van der Waals surface area contributed by atoms with Crippen LogP contribution in [0.4, 0.5) is 0 Å². The molecule has 0 atom stereocenters. The summed E-state index contributed by atoms with van der Waals surface area (Å²) in [6.07, 6.45) is 1.83. The molecular formula is C11H10O4. The lowest BCUT2D eigenvalue weighted by atomic mass is 10.1. The molecule has 0 unspecified atom stereocenters. The molecule has 1 N–H and O–H groups in total.